The number of urea groups is 1. The zero-order valence-corrected chi connectivity index (χ0v) is 16.4. The van der Waals surface area contributed by atoms with E-state index in [-0.39, 0.29) is 23.5 Å². The molecule has 1 spiro atoms. The van der Waals surface area contributed by atoms with Gasteiger partial charge in [0, 0.05) is 26.2 Å². The average Bonchev–Trinajstić information content (AvgIpc) is 3.17. The lowest BCUT2D eigenvalue weighted by Gasteiger charge is -2.40. The van der Waals surface area contributed by atoms with Crippen molar-refractivity contribution in [1.82, 2.24) is 15.1 Å². The van der Waals surface area contributed by atoms with Crippen LogP contribution in [0.1, 0.15) is 29.2 Å². The Morgan fingerprint density at radius 3 is 2.76 bits per heavy atom. The number of hydrogen-bond donors (Lipinski definition) is 1. The van der Waals surface area contributed by atoms with Gasteiger partial charge in [-0.25, -0.2) is 9.18 Å². The van der Waals surface area contributed by atoms with Crippen LogP contribution in [-0.2, 0) is 11.2 Å². The molecule has 6 heteroatoms. The fraction of sp³-hybridized carbons (Fsp3) is 0.435. The second-order valence-electron chi connectivity index (χ2n) is 8.26. The van der Waals surface area contributed by atoms with Gasteiger partial charge in [0.05, 0.1) is 24.8 Å². The van der Waals surface area contributed by atoms with Crippen molar-refractivity contribution in [2.75, 3.05) is 39.3 Å². The summed E-state index contributed by atoms with van der Waals surface area (Å²) in [5, 5.41) is 3.40. The molecule has 2 aromatic carbocycles. The van der Waals surface area contributed by atoms with E-state index in [0.29, 0.717) is 26.2 Å². The molecule has 3 aliphatic heterocycles. The predicted octanol–water partition coefficient (Wildman–Crippen LogP) is 2.96. The third kappa shape index (κ3) is 3.40. The molecule has 2 aromatic rings. The Morgan fingerprint density at radius 1 is 1.14 bits per heavy atom. The number of carbonyl (C=O) groups excluding carboxylic acids is 1. The molecular weight excluding hydrogens is 369 g/mol. The first kappa shape index (κ1) is 18.6. The van der Waals surface area contributed by atoms with Crippen LogP contribution in [0.4, 0.5) is 9.18 Å². The van der Waals surface area contributed by atoms with Crippen LogP contribution in [0.15, 0.2) is 48.5 Å². The van der Waals surface area contributed by atoms with E-state index >= 15 is 0 Å². The number of halogens is 1. The van der Waals surface area contributed by atoms with Gasteiger partial charge in [0.25, 0.3) is 0 Å². The number of morpholine rings is 1. The Balaban J connectivity index is 1.45. The maximum Gasteiger partial charge on any atom is 0.320 e. The molecule has 29 heavy (non-hydrogen) atoms. The Bertz CT molecular complexity index is 895. The van der Waals surface area contributed by atoms with Gasteiger partial charge in [0.1, 0.15) is 5.82 Å². The molecule has 2 saturated heterocycles. The van der Waals surface area contributed by atoms with Crippen molar-refractivity contribution < 1.29 is 13.9 Å². The van der Waals surface area contributed by atoms with Crippen LogP contribution in [0.25, 0.3) is 0 Å². The van der Waals surface area contributed by atoms with Gasteiger partial charge in [-0.3, -0.25) is 0 Å². The van der Waals surface area contributed by atoms with Gasteiger partial charge in [-0.1, -0.05) is 36.4 Å². The molecule has 0 bridgehead atoms. The van der Waals surface area contributed by atoms with E-state index in [9.17, 15) is 9.18 Å². The van der Waals surface area contributed by atoms with Crippen molar-refractivity contribution in [3.8, 4) is 0 Å². The number of carbonyl (C=O) groups is 1. The monoisotopic (exact) mass is 395 g/mol. The molecule has 5 nitrogen and oxygen atoms in total. The van der Waals surface area contributed by atoms with Crippen LogP contribution < -0.4 is 5.32 Å². The fourth-order valence-electron chi connectivity index (χ4n) is 4.94. The zero-order valence-electron chi connectivity index (χ0n) is 16.4. The average molecular weight is 395 g/mol. The van der Waals surface area contributed by atoms with E-state index in [0.717, 1.165) is 37.1 Å². The van der Waals surface area contributed by atoms with Crippen LogP contribution in [0.3, 0.4) is 0 Å². The number of nitrogens with zero attached hydrogens (tertiary/aromatic N) is 2. The highest BCUT2D eigenvalue weighted by Crippen LogP contribution is 2.37. The Kier molecular flexibility index (Phi) is 4.76. The van der Waals surface area contributed by atoms with Crippen molar-refractivity contribution in [3.05, 3.63) is 71.0 Å². The van der Waals surface area contributed by atoms with E-state index < -0.39 is 0 Å². The van der Waals surface area contributed by atoms with Crippen molar-refractivity contribution in [2.24, 2.45) is 0 Å². The topological polar surface area (TPSA) is 44.8 Å². The molecule has 0 radical (unpaired) electrons. The highest BCUT2D eigenvalue weighted by atomic mass is 19.1. The van der Waals surface area contributed by atoms with Gasteiger partial charge in [0.15, 0.2) is 0 Å². The Morgan fingerprint density at radius 2 is 1.97 bits per heavy atom. The summed E-state index contributed by atoms with van der Waals surface area (Å²) in [6, 6.07) is 14.6. The number of fused-ring (bicyclic) bond motifs is 1. The minimum Gasteiger partial charge on any atom is -0.370 e. The minimum atomic E-state index is -0.265. The maximum atomic E-state index is 13.6. The second-order valence-corrected chi connectivity index (χ2v) is 8.26. The van der Waals surface area contributed by atoms with E-state index in [2.05, 4.69) is 17.4 Å². The third-order valence-corrected chi connectivity index (χ3v) is 6.44. The van der Waals surface area contributed by atoms with Gasteiger partial charge in [-0.15, -0.1) is 0 Å². The van der Waals surface area contributed by atoms with Gasteiger partial charge < -0.3 is 19.9 Å². The summed E-state index contributed by atoms with van der Waals surface area (Å²) < 4.78 is 19.6. The quantitative estimate of drug-likeness (QED) is 0.808. The maximum absolute atomic E-state index is 13.6. The summed E-state index contributed by atoms with van der Waals surface area (Å²) in [7, 11) is 0. The van der Waals surface area contributed by atoms with Crippen LogP contribution >= 0.6 is 0 Å². The second kappa shape index (κ2) is 7.43. The summed E-state index contributed by atoms with van der Waals surface area (Å²) in [4.78, 5) is 17.5. The van der Waals surface area contributed by atoms with E-state index in [4.69, 9.17) is 4.74 Å². The molecule has 3 heterocycles. The molecule has 1 unspecified atom stereocenters. The highest BCUT2D eigenvalue weighted by molar-refractivity contribution is 5.77. The Labute approximate surface area is 170 Å². The highest BCUT2D eigenvalue weighted by Gasteiger charge is 2.44. The summed E-state index contributed by atoms with van der Waals surface area (Å²) in [6.45, 7) is 4.33. The molecular formula is C23H26FN3O2. The third-order valence-electron chi connectivity index (χ3n) is 6.44. The molecule has 0 aliphatic carbocycles. The van der Waals surface area contributed by atoms with E-state index in [1.54, 1.807) is 12.1 Å². The van der Waals surface area contributed by atoms with Crippen LogP contribution in [0.2, 0.25) is 0 Å². The molecule has 2 amide bonds. The summed E-state index contributed by atoms with van der Waals surface area (Å²) in [5.41, 5.74) is 3.07. The smallest absolute Gasteiger partial charge is 0.320 e. The van der Waals surface area contributed by atoms with Crippen molar-refractivity contribution in [1.29, 1.82) is 0 Å². The molecule has 3 aliphatic rings. The van der Waals surface area contributed by atoms with Gasteiger partial charge in [0.2, 0.25) is 0 Å². The predicted molar refractivity (Wildman–Crippen MR) is 108 cm³/mol. The molecule has 0 saturated carbocycles. The Hall–Kier alpha value is -2.44. The molecule has 0 aromatic heterocycles. The number of hydrogen-bond acceptors (Lipinski definition) is 3. The lowest BCUT2D eigenvalue weighted by molar-refractivity contribution is -0.0559. The van der Waals surface area contributed by atoms with Crippen molar-refractivity contribution >= 4 is 6.03 Å². The van der Waals surface area contributed by atoms with E-state index in [1.165, 1.54) is 17.7 Å². The molecule has 1 N–H and O–H groups in total. The lowest BCUT2D eigenvalue weighted by atomic mass is 9.88. The summed E-state index contributed by atoms with van der Waals surface area (Å²) in [5.74, 6) is -0.265. The first-order chi connectivity index (χ1) is 14.2. The van der Waals surface area contributed by atoms with Crippen LogP contribution in [0, 0.1) is 5.82 Å². The first-order valence-electron chi connectivity index (χ1n) is 10.4. The summed E-state index contributed by atoms with van der Waals surface area (Å²) in [6.07, 6.45) is 1.69. The number of likely N-dealkylation sites (tertiary alicyclic amines) is 1. The molecule has 5 rings (SSSR count). The number of rotatable bonds is 1. The molecule has 2 fully saturated rings. The zero-order chi connectivity index (χ0) is 19.8. The standard InChI is InChI=1S/C23H26FN3O2/c24-19-7-5-18(6-8-19)21-20-4-2-1-3-17(20)9-12-27(21)22(28)26-13-10-23(16-26)15-25-11-14-29-23/h1-8,21,25H,9-16H2/t21-,23?/m0/s1. The number of nitrogens with one attached hydrogen (secondary N) is 1. The first-order valence-corrected chi connectivity index (χ1v) is 10.4. The molecule has 2 atom stereocenters. The van der Waals surface area contributed by atoms with Crippen LogP contribution in [0.5, 0.6) is 0 Å². The normalized spacial score (nSPS) is 26.6. The molecule has 152 valence electrons. The fourth-order valence-corrected chi connectivity index (χ4v) is 4.94. The number of benzene rings is 2. The van der Waals surface area contributed by atoms with Gasteiger partial charge in [-0.05, 0) is 41.7 Å². The van der Waals surface area contributed by atoms with Crippen LogP contribution in [-0.4, -0.2) is 60.8 Å². The van der Waals surface area contributed by atoms with Crippen molar-refractivity contribution in [3.63, 3.8) is 0 Å². The number of amides is 2. The van der Waals surface area contributed by atoms with Gasteiger partial charge in [-0.2, -0.15) is 0 Å². The SMILES string of the molecule is O=C(N1CCC2(CNCCO2)C1)N1CCc2ccccc2[C@@H]1c1ccc(F)cc1. The largest absolute Gasteiger partial charge is 0.370 e. The van der Waals surface area contributed by atoms with E-state index in [1.807, 2.05) is 21.9 Å². The number of ether oxygens (including phenoxy) is 1. The lowest BCUT2D eigenvalue weighted by Crippen LogP contribution is -2.53. The van der Waals surface area contributed by atoms with Crippen molar-refractivity contribution in [2.45, 2.75) is 24.5 Å². The summed E-state index contributed by atoms with van der Waals surface area (Å²) >= 11 is 0. The minimum absolute atomic E-state index is 0.0416. The van der Waals surface area contributed by atoms with Gasteiger partial charge >= 0.3 is 6.03 Å².